The van der Waals surface area contributed by atoms with Crippen LogP contribution in [0.5, 0.6) is 11.5 Å². The third-order valence-corrected chi connectivity index (χ3v) is 5.94. The van der Waals surface area contributed by atoms with Crippen LogP contribution >= 0.6 is 0 Å². The van der Waals surface area contributed by atoms with E-state index < -0.39 is 0 Å². The molecule has 4 aromatic carbocycles. The normalized spacial score (nSPS) is 12.2. The lowest BCUT2D eigenvalue weighted by Crippen LogP contribution is -2.29. The SMILES string of the molecule is O=C(OCc1ccccc1)N1CCc2cc(OCc3ccccc3)c(OCc3ccccc3)cc21. The molecule has 0 saturated carbocycles. The van der Waals surface area contributed by atoms with Crippen LogP contribution in [-0.2, 0) is 31.0 Å². The minimum atomic E-state index is -0.362. The third-order valence-electron chi connectivity index (χ3n) is 5.94. The number of carbonyl (C=O) groups excluding carboxylic acids is 1. The van der Waals surface area contributed by atoms with E-state index in [0.29, 0.717) is 31.3 Å². The van der Waals surface area contributed by atoms with Gasteiger partial charge in [-0.15, -0.1) is 0 Å². The van der Waals surface area contributed by atoms with Gasteiger partial charge in [-0.05, 0) is 34.7 Å². The molecule has 0 spiro atoms. The molecule has 5 heteroatoms. The van der Waals surface area contributed by atoms with Crippen LogP contribution in [0.15, 0.2) is 103 Å². The number of ether oxygens (including phenoxy) is 3. The van der Waals surface area contributed by atoms with Crippen molar-refractivity contribution in [2.75, 3.05) is 11.4 Å². The van der Waals surface area contributed by atoms with Crippen molar-refractivity contribution in [3.05, 3.63) is 125 Å². The first kappa shape index (κ1) is 22.5. The van der Waals surface area contributed by atoms with Crippen LogP contribution in [0.1, 0.15) is 22.3 Å². The molecule has 0 radical (unpaired) electrons. The predicted molar refractivity (Wildman–Crippen MR) is 136 cm³/mol. The Kier molecular flexibility index (Phi) is 6.94. The second-order valence-corrected chi connectivity index (χ2v) is 8.42. The predicted octanol–water partition coefficient (Wildman–Crippen LogP) is 6.54. The van der Waals surface area contributed by atoms with Crippen LogP contribution in [-0.4, -0.2) is 12.6 Å². The van der Waals surface area contributed by atoms with Crippen LogP contribution in [0.4, 0.5) is 10.5 Å². The van der Waals surface area contributed by atoms with Gasteiger partial charge in [-0.2, -0.15) is 0 Å². The average molecular weight is 466 g/mol. The fourth-order valence-electron chi connectivity index (χ4n) is 4.08. The van der Waals surface area contributed by atoms with E-state index in [-0.39, 0.29) is 12.7 Å². The Morgan fingerprint density at radius 1 is 0.657 bits per heavy atom. The van der Waals surface area contributed by atoms with Crippen molar-refractivity contribution in [3.8, 4) is 11.5 Å². The highest BCUT2D eigenvalue weighted by atomic mass is 16.6. The Hall–Kier alpha value is -4.25. The molecule has 0 bridgehead atoms. The van der Waals surface area contributed by atoms with Gasteiger partial charge in [-0.25, -0.2) is 4.79 Å². The van der Waals surface area contributed by atoms with Crippen LogP contribution in [0, 0.1) is 0 Å². The van der Waals surface area contributed by atoms with Crippen molar-refractivity contribution in [2.24, 2.45) is 0 Å². The number of rotatable bonds is 8. The molecular formula is C30H27NO4. The highest BCUT2D eigenvalue weighted by Crippen LogP contribution is 2.40. The topological polar surface area (TPSA) is 48.0 Å². The zero-order valence-corrected chi connectivity index (χ0v) is 19.4. The first-order chi connectivity index (χ1) is 17.3. The van der Waals surface area contributed by atoms with Crippen molar-refractivity contribution in [3.63, 3.8) is 0 Å². The summed E-state index contributed by atoms with van der Waals surface area (Å²) in [7, 11) is 0. The van der Waals surface area contributed by atoms with E-state index in [1.165, 1.54) is 0 Å². The number of hydrogen-bond acceptors (Lipinski definition) is 4. The summed E-state index contributed by atoms with van der Waals surface area (Å²) in [6.07, 6.45) is 0.371. The van der Waals surface area contributed by atoms with Gasteiger partial charge >= 0.3 is 6.09 Å². The smallest absolute Gasteiger partial charge is 0.414 e. The summed E-state index contributed by atoms with van der Waals surface area (Å²) in [5, 5.41) is 0. The van der Waals surface area contributed by atoms with Gasteiger partial charge in [0.25, 0.3) is 0 Å². The van der Waals surface area contributed by atoms with E-state index in [1.807, 2.05) is 103 Å². The molecule has 0 aromatic heterocycles. The van der Waals surface area contributed by atoms with Gasteiger partial charge in [-0.1, -0.05) is 91.0 Å². The molecule has 1 aliphatic rings. The number of anilines is 1. The van der Waals surface area contributed by atoms with E-state index in [2.05, 4.69) is 0 Å². The zero-order valence-electron chi connectivity index (χ0n) is 19.4. The van der Waals surface area contributed by atoms with Gasteiger partial charge in [0, 0.05) is 12.6 Å². The molecule has 0 fully saturated rings. The average Bonchev–Trinajstić information content (AvgIpc) is 3.33. The first-order valence-corrected chi connectivity index (χ1v) is 11.7. The first-order valence-electron chi connectivity index (χ1n) is 11.7. The van der Waals surface area contributed by atoms with Crippen molar-refractivity contribution >= 4 is 11.8 Å². The lowest BCUT2D eigenvalue weighted by molar-refractivity contribution is 0.147. The summed E-state index contributed by atoms with van der Waals surface area (Å²) in [5.41, 5.74) is 4.93. The molecule has 1 aliphatic heterocycles. The quantitative estimate of drug-likeness (QED) is 0.296. The summed E-state index contributed by atoms with van der Waals surface area (Å²) in [6.45, 7) is 1.63. The van der Waals surface area contributed by atoms with Gasteiger partial charge in [0.1, 0.15) is 19.8 Å². The maximum Gasteiger partial charge on any atom is 0.414 e. The number of nitrogens with zero attached hydrogens (tertiary/aromatic N) is 1. The van der Waals surface area contributed by atoms with Crippen molar-refractivity contribution in [1.29, 1.82) is 0 Å². The zero-order chi connectivity index (χ0) is 23.9. The molecule has 176 valence electrons. The molecule has 1 amide bonds. The number of fused-ring (bicyclic) bond motifs is 1. The molecule has 0 unspecified atom stereocenters. The van der Waals surface area contributed by atoms with Crippen molar-refractivity contribution in [2.45, 2.75) is 26.2 Å². The standard InChI is InChI=1S/C30H27NO4/c32-30(35-22-25-14-8-3-9-15-25)31-17-16-26-18-28(33-20-23-10-4-1-5-11-23)29(19-27(26)31)34-21-24-12-6-2-7-13-24/h1-15,18-19H,16-17,20-22H2. The van der Waals surface area contributed by atoms with Crippen LogP contribution in [0.3, 0.4) is 0 Å². The van der Waals surface area contributed by atoms with Gasteiger partial charge in [0.2, 0.25) is 0 Å². The highest BCUT2D eigenvalue weighted by molar-refractivity contribution is 5.91. The molecule has 0 atom stereocenters. The number of carbonyl (C=O) groups is 1. The lowest BCUT2D eigenvalue weighted by atomic mass is 10.1. The molecule has 35 heavy (non-hydrogen) atoms. The van der Waals surface area contributed by atoms with Gasteiger partial charge in [-0.3, -0.25) is 4.90 Å². The van der Waals surface area contributed by atoms with E-state index >= 15 is 0 Å². The fourth-order valence-corrected chi connectivity index (χ4v) is 4.08. The Labute approximate surface area is 205 Å². The van der Waals surface area contributed by atoms with E-state index in [1.54, 1.807) is 4.90 Å². The second-order valence-electron chi connectivity index (χ2n) is 8.42. The Morgan fingerprint density at radius 2 is 1.14 bits per heavy atom. The third kappa shape index (κ3) is 5.64. The molecule has 5 rings (SSSR count). The molecule has 0 aliphatic carbocycles. The highest BCUT2D eigenvalue weighted by Gasteiger charge is 2.28. The summed E-state index contributed by atoms with van der Waals surface area (Å²) in [6, 6.07) is 33.6. The summed E-state index contributed by atoms with van der Waals surface area (Å²) in [5.74, 6) is 1.27. The van der Waals surface area contributed by atoms with Crippen molar-refractivity contribution < 1.29 is 19.0 Å². The van der Waals surface area contributed by atoms with E-state index in [4.69, 9.17) is 14.2 Å². The van der Waals surface area contributed by atoms with Gasteiger partial charge in [0.15, 0.2) is 11.5 Å². The van der Waals surface area contributed by atoms with Crippen molar-refractivity contribution in [1.82, 2.24) is 0 Å². The molecular weight excluding hydrogens is 438 g/mol. The largest absolute Gasteiger partial charge is 0.485 e. The summed E-state index contributed by atoms with van der Waals surface area (Å²) >= 11 is 0. The Balaban J connectivity index is 1.35. The van der Waals surface area contributed by atoms with Gasteiger partial charge in [0.05, 0.1) is 5.69 Å². The van der Waals surface area contributed by atoms with E-state index in [9.17, 15) is 4.79 Å². The molecule has 5 nitrogen and oxygen atoms in total. The van der Waals surface area contributed by atoms with Crippen LogP contribution in [0.2, 0.25) is 0 Å². The Bertz CT molecular complexity index is 1260. The number of hydrogen-bond donors (Lipinski definition) is 0. The molecule has 4 aromatic rings. The maximum absolute atomic E-state index is 12.9. The lowest BCUT2D eigenvalue weighted by Gasteiger charge is -2.20. The number of benzene rings is 4. The maximum atomic E-state index is 12.9. The molecule has 0 N–H and O–H groups in total. The van der Waals surface area contributed by atoms with Gasteiger partial charge < -0.3 is 14.2 Å². The fraction of sp³-hybridized carbons (Fsp3) is 0.167. The second kappa shape index (κ2) is 10.8. The minimum Gasteiger partial charge on any atom is -0.485 e. The minimum absolute atomic E-state index is 0.237. The Morgan fingerprint density at radius 3 is 1.69 bits per heavy atom. The summed E-state index contributed by atoms with van der Waals surface area (Å²) < 4.78 is 18.0. The molecule has 1 heterocycles. The van der Waals surface area contributed by atoms with Crippen LogP contribution < -0.4 is 14.4 Å². The molecule has 0 saturated heterocycles. The number of amides is 1. The monoisotopic (exact) mass is 465 g/mol. The summed E-state index contributed by atoms with van der Waals surface area (Å²) in [4.78, 5) is 14.6. The van der Waals surface area contributed by atoms with E-state index in [0.717, 1.165) is 34.4 Å². The van der Waals surface area contributed by atoms with Crippen LogP contribution in [0.25, 0.3) is 0 Å².